The van der Waals surface area contributed by atoms with Crippen LogP contribution in [0, 0.1) is 0 Å². The molecule has 1 aliphatic rings. The highest BCUT2D eigenvalue weighted by Gasteiger charge is 2.36. The predicted octanol–water partition coefficient (Wildman–Crippen LogP) is 3.18. The maximum atomic E-state index is 12.2. The van der Waals surface area contributed by atoms with Crippen molar-refractivity contribution in [1.82, 2.24) is 19.8 Å². The van der Waals surface area contributed by atoms with Gasteiger partial charge in [-0.15, -0.1) is 11.3 Å². The zero-order valence-corrected chi connectivity index (χ0v) is 14.7. The van der Waals surface area contributed by atoms with Crippen molar-refractivity contribution in [3.8, 4) is 10.7 Å². The van der Waals surface area contributed by atoms with E-state index in [2.05, 4.69) is 27.4 Å². The number of carbonyl (C=O) groups is 1. The van der Waals surface area contributed by atoms with Crippen LogP contribution in [0.4, 0.5) is 0 Å². The van der Waals surface area contributed by atoms with Crippen LogP contribution in [0.25, 0.3) is 10.7 Å². The van der Waals surface area contributed by atoms with Gasteiger partial charge in [-0.1, -0.05) is 36.4 Å². The molecule has 2 aromatic heterocycles. The summed E-state index contributed by atoms with van der Waals surface area (Å²) in [6.45, 7) is 1.05. The molecule has 1 amide bonds. The Bertz CT molecular complexity index is 865. The van der Waals surface area contributed by atoms with E-state index in [1.165, 1.54) is 0 Å². The quantitative estimate of drug-likeness (QED) is 0.725. The van der Waals surface area contributed by atoms with E-state index in [0.29, 0.717) is 13.1 Å². The summed E-state index contributed by atoms with van der Waals surface area (Å²) >= 11 is 1.59. The van der Waals surface area contributed by atoms with Crippen molar-refractivity contribution < 1.29 is 4.79 Å². The lowest BCUT2D eigenvalue weighted by atomic mass is 10.1. The number of thiazole rings is 1. The van der Waals surface area contributed by atoms with Gasteiger partial charge in [-0.25, -0.2) is 4.98 Å². The predicted molar refractivity (Wildman–Crippen MR) is 97.7 cm³/mol. The molecular formula is C19H18N4OS. The van der Waals surface area contributed by atoms with E-state index >= 15 is 0 Å². The van der Waals surface area contributed by atoms with Crippen molar-refractivity contribution in [2.24, 2.45) is 0 Å². The Hall–Kier alpha value is -2.57. The molecule has 25 heavy (non-hydrogen) atoms. The molecule has 0 N–H and O–H groups in total. The maximum Gasteiger partial charge on any atom is 0.238 e. The normalized spacial score (nSPS) is 18.0. The zero-order chi connectivity index (χ0) is 17.2. The highest BCUT2D eigenvalue weighted by Crippen LogP contribution is 2.31. The lowest BCUT2D eigenvalue weighted by molar-refractivity contribution is -0.126. The van der Waals surface area contributed by atoms with Crippen molar-refractivity contribution in [3.05, 3.63) is 71.4 Å². The summed E-state index contributed by atoms with van der Waals surface area (Å²) in [4.78, 5) is 25.3. The SMILES string of the molecule is CN1C(=O)CN(Cc2csc(-c3ccccn3)n2)[C@@H]1c1ccccc1. The molecule has 0 spiro atoms. The van der Waals surface area contributed by atoms with Gasteiger partial charge in [0.1, 0.15) is 11.2 Å². The van der Waals surface area contributed by atoms with Crippen LogP contribution in [0.1, 0.15) is 17.4 Å². The van der Waals surface area contributed by atoms with E-state index in [1.807, 2.05) is 43.4 Å². The Morgan fingerprint density at radius 2 is 1.96 bits per heavy atom. The third kappa shape index (κ3) is 3.18. The summed E-state index contributed by atoms with van der Waals surface area (Å²) in [7, 11) is 1.86. The molecule has 0 aliphatic carbocycles. The molecular weight excluding hydrogens is 332 g/mol. The van der Waals surface area contributed by atoms with E-state index in [4.69, 9.17) is 4.98 Å². The number of benzene rings is 1. The third-order valence-corrected chi connectivity index (χ3v) is 5.26. The average molecular weight is 350 g/mol. The number of likely N-dealkylation sites (N-methyl/N-ethyl adjacent to an activating group) is 1. The maximum absolute atomic E-state index is 12.2. The Kier molecular flexibility index (Phi) is 4.29. The van der Waals surface area contributed by atoms with Crippen LogP contribution in [0.2, 0.25) is 0 Å². The minimum absolute atomic E-state index is 0.0475. The molecule has 1 fully saturated rings. The molecule has 0 saturated carbocycles. The number of hydrogen-bond acceptors (Lipinski definition) is 5. The topological polar surface area (TPSA) is 49.3 Å². The van der Waals surface area contributed by atoms with Crippen LogP contribution in [-0.2, 0) is 11.3 Å². The summed E-state index contributed by atoms with van der Waals surface area (Å²) < 4.78 is 0. The van der Waals surface area contributed by atoms with Crippen LogP contribution in [-0.4, -0.2) is 39.3 Å². The minimum Gasteiger partial charge on any atom is -0.325 e. The largest absolute Gasteiger partial charge is 0.325 e. The smallest absolute Gasteiger partial charge is 0.238 e. The van der Waals surface area contributed by atoms with E-state index in [1.54, 1.807) is 22.4 Å². The zero-order valence-electron chi connectivity index (χ0n) is 13.9. The molecule has 126 valence electrons. The number of carbonyl (C=O) groups excluding carboxylic acids is 1. The number of nitrogens with zero attached hydrogens (tertiary/aromatic N) is 4. The Morgan fingerprint density at radius 3 is 2.72 bits per heavy atom. The summed E-state index contributed by atoms with van der Waals surface area (Å²) in [6, 6.07) is 15.9. The fourth-order valence-electron chi connectivity index (χ4n) is 3.15. The van der Waals surface area contributed by atoms with Gasteiger partial charge in [-0.3, -0.25) is 14.7 Å². The van der Waals surface area contributed by atoms with Gasteiger partial charge < -0.3 is 4.90 Å². The van der Waals surface area contributed by atoms with E-state index in [0.717, 1.165) is 22.0 Å². The van der Waals surface area contributed by atoms with E-state index in [-0.39, 0.29) is 12.1 Å². The monoisotopic (exact) mass is 350 g/mol. The summed E-state index contributed by atoms with van der Waals surface area (Å²) in [5, 5.41) is 2.96. The number of amides is 1. The molecule has 3 aromatic rings. The number of hydrogen-bond donors (Lipinski definition) is 0. The van der Waals surface area contributed by atoms with Crippen LogP contribution in [0.3, 0.4) is 0 Å². The molecule has 1 aliphatic heterocycles. The van der Waals surface area contributed by atoms with Crippen molar-refractivity contribution in [2.45, 2.75) is 12.7 Å². The fourth-order valence-corrected chi connectivity index (χ4v) is 3.94. The van der Waals surface area contributed by atoms with Gasteiger partial charge in [0.15, 0.2) is 0 Å². The minimum atomic E-state index is -0.0475. The molecule has 1 atom stereocenters. The molecule has 1 saturated heterocycles. The number of pyridine rings is 1. The van der Waals surface area contributed by atoms with Crippen molar-refractivity contribution in [2.75, 3.05) is 13.6 Å². The molecule has 4 rings (SSSR count). The Labute approximate surface area is 150 Å². The second-order valence-electron chi connectivity index (χ2n) is 6.05. The lowest BCUT2D eigenvalue weighted by Gasteiger charge is -2.27. The number of rotatable bonds is 4. The van der Waals surface area contributed by atoms with Crippen LogP contribution in [0.15, 0.2) is 60.1 Å². The Balaban J connectivity index is 1.57. The number of aromatic nitrogens is 2. The molecule has 6 heteroatoms. The molecule has 0 unspecified atom stereocenters. The highest BCUT2D eigenvalue weighted by atomic mass is 32.1. The van der Waals surface area contributed by atoms with Crippen LogP contribution in [0.5, 0.6) is 0 Å². The molecule has 0 bridgehead atoms. The van der Waals surface area contributed by atoms with Crippen LogP contribution < -0.4 is 0 Å². The van der Waals surface area contributed by atoms with Gasteiger partial charge in [-0.2, -0.15) is 0 Å². The summed E-state index contributed by atoms with van der Waals surface area (Å²) in [6.07, 6.45) is 1.73. The van der Waals surface area contributed by atoms with Crippen molar-refractivity contribution >= 4 is 17.2 Å². The van der Waals surface area contributed by atoms with Gasteiger partial charge in [0.2, 0.25) is 5.91 Å². The van der Waals surface area contributed by atoms with Gasteiger partial charge in [0.05, 0.1) is 17.9 Å². The average Bonchev–Trinajstić information content (AvgIpc) is 3.22. The first-order valence-electron chi connectivity index (χ1n) is 8.13. The van der Waals surface area contributed by atoms with Gasteiger partial charge in [0, 0.05) is 25.2 Å². The third-order valence-electron chi connectivity index (χ3n) is 4.34. The van der Waals surface area contributed by atoms with Gasteiger partial charge in [0.25, 0.3) is 0 Å². The van der Waals surface area contributed by atoms with Crippen LogP contribution >= 0.6 is 11.3 Å². The van der Waals surface area contributed by atoms with Crippen molar-refractivity contribution in [1.29, 1.82) is 0 Å². The summed E-state index contributed by atoms with van der Waals surface area (Å²) in [5.41, 5.74) is 2.97. The second-order valence-corrected chi connectivity index (χ2v) is 6.91. The standard InChI is InChI=1S/C19H18N4OS/c1-22-17(24)12-23(19(22)14-7-3-2-4-8-14)11-15-13-25-18(21-15)16-9-5-6-10-20-16/h2-10,13,19H,11-12H2,1H3/t19-/m1/s1. The highest BCUT2D eigenvalue weighted by molar-refractivity contribution is 7.13. The van der Waals surface area contributed by atoms with E-state index < -0.39 is 0 Å². The molecule has 5 nitrogen and oxygen atoms in total. The molecule has 1 aromatic carbocycles. The first kappa shape index (κ1) is 15.9. The van der Waals surface area contributed by atoms with Gasteiger partial charge in [-0.05, 0) is 17.7 Å². The van der Waals surface area contributed by atoms with Gasteiger partial charge >= 0.3 is 0 Å². The fraction of sp³-hybridized carbons (Fsp3) is 0.211. The van der Waals surface area contributed by atoms with E-state index in [9.17, 15) is 4.79 Å². The lowest BCUT2D eigenvalue weighted by Crippen LogP contribution is -2.29. The first-order valence-corrected chi connectivity index (χ1v) is 9.01. The summed E-state index contributed by atoms with van der Waals surface area (Å²) in [5.74, 6) is 0.133. The van der Waals surface area contributed by atoms with Crippen molar-refractivity contribution in [3.63, 3.8) is 0 Å². The Morgan fingerprint density at radius 1 is 1.16 bits per heavy atom. The molecule has 0 radical (unpaired) electrons. The molecule has 3 heterocycles. The second kappa shape index (κ2) is 6.74. The first-order chi connectivity index (χ1) is 12.2.